The Kier molecular flexibility index (Phi) is 4.04. The van der Waals surface area contributed by atoms with E-state index >= 15 is 0 Å². The first kappa shape index (κ1) is 7.28. The number of rotatable bonds is 2. The van der Waals surface area contributed by atoms with Gasteiger partial charge in [0.15, 0.2) is 0 Å². The molecule has 0 aliphatic rings. The van der Waals surface area contributed by atoms with Crippen molar-refractivity contribution in [3.63, 3.8) is 0 Å². The largest absolute Gasteiger partial charge is 0.497 e. The van der Waals surface area contributed by atoms with Crippen LogP contribution in [-0.4, -0.2) is 7.11 Å². The molecular weight excluding hydrogens is 100 g/mol. The third kappa shape index (κ3) is 2.45. The van der Waals surface area contributed by atoms with Crippen LogP contribution in [0.25, 0.3) is 0 Å². The summed E-state index contributed by atoms with van der Waals surface area (Å²) in [5, 5.41) is 0. The third-order valence-electron chi connectivity index (χ3n) is 0.851. The zero-order valence-corrected chi connectivity index (χ0v) is 5.64. The molecule has 0 rings (SSSR count). The molecule has 1 nitrogen and oxygen atoms in total. The first-order valence-corrected chi connectivity index (χ1v) is 2.68. The molecule has 46 valence electrons. The summed E-state index contributed by atoms with van der Waals surface area (Å²) in [5.74, 6) is 0.910. The van der Waals surface area contributed by atoms with Crippen molar-refractivity contribution in [1.82, 2.24) is 0 Å². The Hall–Kier alpha value is -0.720. The van der Waals surface area contributed by atoms with E-state index in [1.165, 1.54) is 0 Å². The minimum Gasteiger partial charge on any atom is -0.497 e. The van der Waals surface area contributed by atoms with Crippen molar-refractivity contribution in [3.8, 4) is 0 Å². The lowest BCUT2D eigenvalue weighted by Gasteiger charge is -1.94. The van der Waals surface area contributed by atoms with E-state index < -0.39 is 0 Å². The van der Waals surface area contributed by atoms with Gasteiger partial charge in [0.25, 0.3) is 0 Å². The smallest absolute Gasteiger partial charge is 0.114 e. The molecule has 0 heterocycles. The Labute approximate surface area is 50.7 Å². The molecule has 0 aromatic carbocycles. The molecule has 0 aromatic rings. The highest BCUT2D eigenvalue weighted by Gasteiger charge is 1.79. The van der Waals surface area contributed by atoms with Crippen molar-refractivity contribution in [3.05, 3.63) is 24.0 Å². The molecule has 0 bridgehead atoms. The summed E-state index contributed by atoms with van der Waals surface area (Å²) in [4.78, 5) is 0. The summed E-state index contributed by atoms with van der Waals surface area (Å²) in [5.41, 5.74) is 0. The monoisotopic (exact) mass is 112 g/mol. The van der Waals surface area contributed by atoms with Crippen LogP contribution in [0.4, 0.5) is 0 Å². The summed E-state index contributed by atoms with van der Waals surface area (Å²) in [6.07, 6.45) is 5.78. The fourth-order valence-corrected chi connectivity index (χ4v) is 0.446. The maximum absolute atomic E-state index is 4.91. The van der Waals surface area contributed by atoms with Crippen molar-refractivity contribution in [2.75, 3.05) is 7.11 Å². The number of methoxy groups -OCH3 is 1. The Balaban J connectivity index is 3.72. The summed E-state index contributed by atoms with van der Waals surface area (Å²) in [6.45, 7) is 3.90. The van der Waals surface area contributed by atoms with Crippen LogP contribution < -0.4 is 0 Å². The molecule has 0 spiro atoms. The van der Waals surface area contributed by atoms with Gasteiger partial charge in [0.05, 0.1) is 7.11 Å². The highest BCUT2D eigenvalue weighted by atomic mass is 16.5. The molecule has 0 aromatic heterocycles. The van der Waals surface area contributed by atoms with Gasteiger partial charge in [-0.15, -0.1) is 0 Å². The highest BCUT2D eigenvalue weighted by molar-refractivity contribution is 5.09. The van der Waals surface area contributed by atoms with Crippen LogP contribution in [0.15, 0.2) is 24.0 Å². The average Bonchev–Trinajstić information content (AvgIpc) is 1.83. The number of allylic oxidation sites excluding steroid dienone is 3. The normalized spacial score (nSPS) is 12.6. The fourth-order valence-electron chi connectivity index (χ4n) is 0.446. The van der Waals surface area contributed by atoms with Crippen LogP contribution in [0, 0.1) is 0 Å². The van der Waals surface area contributed by atoms with E-state index in [4.69, 9.17) is 4.74 Å². The summed E-state index contributed by atoms with van der Waals surface area (Å²) in [7, 11) is 1.66. The molecule has 0 saturated heterocycles. The SMILES string of the molecule is C/C=C\C(=C/C)OC. The number of hydrogen-bond donors (Lipinski definition) is 0. The average molecular weight is 112 g/mol. The van der Waals surface area contributed by atoms with Crippen LogP contribution in [0.2, 0.25) is 0 Å². The second-order valence-electron chi connectivity index (χ2n) is 1.40. The Morgan fingerprint density at radius 3 is 2.12 bits per heavy atom. The predicted molar refractivity (Wildman–Crippen MR) is 35.6 cm³/mol. The maximum atomic E-state index is 4.91. The van der Waals surface area contributed by atoms with Crippen molar-refractivity contribution in [2.24, 2.45) is 0 Å². The predicted octanol–water partition coefficient (Wildman–Crippen LogP) is 2.11. The van der Waals surface area contributed by atoms with Crippen LogP contribution in [-0.2, 0) is 4.74 Å². The van der Waals surface area contributed by atoms with Crippen molar-refractivity contribution >= 4 is 0 Å². The first-order chi connectivity index (χ1) is 3.85. The topological polar surface area (TPSA) is 9.23 Å². The van der Waals surface area contributed by atoms with Crippen molar-refractivity contribution < 1.29 is 4.74 Å². The zero-order valence-electron chi connectivity index (χ0n) is 5.64. The lowest BCUT2D eigenvalue weighted by atomic mass is 10.4. The molecule has 0 N–H and O–H groups in total. The Bertz CT molecular complexity index is 98.2. The van der Waals surface area contributed by atoms with E-state index in [1.54, 1.807) is 7.11 Å². The van der Waals surface area contributed by atoms with E-state index in [1.807, 2.05) is 32.1 Å². The van der Waals surface area contributed by atoms with Gasteiger partial charge in [-0.3, -0.25) is 0 Å². The van der Waals surface area contributed by atoms with Gasteiger partial charge in [-0.05, 0) is 26.0 Å². The Morgan fingerprint density at radius 2 is 2.00 bits per heavy atom. The molecule has 1 heteroatoms. The van der Waals surface area contributed by atoms with Crippen molar-refractivity contribution in [2.45, 2.75) is 13.8 Å². The van der Waals surface area contributed by atoms with E-state index in [9.17, 15) is 0 Å². The van der Waals surface area contributed by atoms with Crippen molar-refractivity contribution in [1.29, 1.82) is 0 Å². The molecule has 0 aliphatic heterocycles. The molecule has 0 atom stereocenters. The summed E-state index contributed by atoms with van der Waals surface area (Å²) in [6, 6.07) is 0. The van der Waals surface area contributed by atoms with Gasteiger partial charge < -0.3 is 4.74 Å². The van der Waals surface area contributed by atoms with Gasteiger partial charge in [0, 0.05) is 0 Å². The summed E-state index contributed by atoms with van der Waals surface area (Å²) >= 11 is 0. The fraction of sp³-hybridized carbons (Fsp3) is 0.429. The van der Waals surface area contributed by atoms with Crippen LogP contribution in [0.5, 0.6) is 0 Å². The maximum Gasteiger partial charge on any atom is 0.114 e. The van der Waals surface area contributed by atoms with Gasteiger partial charge in [-0.2, -0.15) is 0 Å². The quantitative estimate of drug-likeness (QED) is 0.392. The first-order valence-electron chi connectivity index (χ1n) is 2.68. The Morgan fingerprint density at radius 1 is 1.38 bits per heavy atom. The molecular formula is C7H12O. The number of ether oxygens (including phenoxy) is 1. The highest BCUT2D eigenvalue weighted by Crippen LogP contribution is 1.94. The minimum absolute atomic E-state index is 0.910. The van der Waals surface area contributed by atoms with Gasteiger partial charge >= 0.3 is 0 Å². The lowest BCUT2D eigenvalue weighted by Crippen LogP contribution is -1.77. The van der Waals surface area contributed by atoms with Gasteiger partial charge in [-0.1, -0.05) is 6.08 Å². The van der Waals surface area contributed by atoms with Gasteiger partial charge in [0.2, 0.25) is 0 Å². The van der Waals surface area contributed by atoms with E-state index in [0.717, 1.165) is 5.76 Å². The second kappa shape index (κ2) is 4.44. The third-order valence-corrected chi connectivity index (χ3v) is 0.851. The standard InChI is InChI=1S/C7H12O/c1-4-6-7(5-2)8-3/h4-6H,1-3H3/b6-4-,7-5+. The van der Waals surface area contributed by atoms with Gasteiger partial charge in [0.1, 0.15) is 5.76 Å². The van der Waals surface area contributed by atoms with E-state index in [0.29, 0.717) is 0 Å². The molecule has 0 aliphatic carbocycles. The zero-order chi connectivity index (χ0) is 6.41. The van der Waals surface area contributed by atoms with Gasteiger partial charge in [-0.25, -0.2) is 0 Å². The minimum atomic E-state index is 0.910. The molecule has 0 radical (unpaired) electrons. The molecule has 0 fully saturated rings. The van der Waals surface area contributed by atoms with Crippen LogP contribution in [0.3, 0.4) is 0 Å². The summed E-state index contributed by atoms with van der Waals surface area (Å²) < 4.78 is 4.91. The molecule has 8 heavy (non-hydrogen) atoms. The lowest BCUT2D eigenvalue weighted by molar-refractivity contribution is 0.306. The molecule has 0 unspecified atom stereocenters. The van der Waals surface area contributed by atoms with Crippen LogP contribution >= 0.6 is 0 Å². The van der Waals surface area contributed by atoms with E-state index in [-0.39, 0.29) is 0 Å². The number of hydrogen-bond acceptors (Lipinski definition) is 1. The molecule has 0 amide bonds. The molecule has 0 saturated carbocycles. The second-order valence-corrected chi connectivity index (χ2v) is 1.40. The van der Waals surface area contributed by atoms with Crippen LogP contribution in [0.1, 0.15) is 13.8 Å². The van der Waals surface area contributed by atoms with E-state index in [2.05, 4.69) is 0 Å².